The molecular weight excluding hydrogens is 279 g/mol. The minimum atomic E-state index is -0.515. The Morgan fingerprint density at radius 2 is 1.95 bits per heavy atom. The Bertz CT molecular complexity index is 644. The third kappa shape index (κ3) is 3.27. The Labute approximate surface area is 122 Å². The molecular formula is C15H14ClFN2O. The average molecular weight is 293 g/mol. The molecule has 5 heteroatoms. The monoisotopic (exact) mass is 292 g/mol. The molecule has 1 amide bonds. The molecule has 2 rings (SSSR count). The van der Waals surface area contributed by atoms with Crippen LogP contribution in [0.3, 0.4) is 0 Å². The Balaban J connectivity index is 2.19. The number of carbonyl (C=O) groups is 1. The maximum atomic E-state index is 13.1. The van der Waals surface area contributed by atoms with Crippen molar-refractivity contribution in [2.24, 2.45) is 0 Å². The van der Waals surface area contributed by atoms with Gasteiger partial charge in [0.15, 0.2) is 0 Å². The number of anilines is 2. The Morgan fingerprint density at radius 3 is 2.60 bits per heavy atom. The number of carbonyl (C=O) groups excluding carboxylic acids is 1. The molecule has 0 saturated heterocycles. The lowest BCUT2D eigenvalue weighted by Crippen LogP contribution is -2.14. The van der Waals surface area contributed by atoms with Gasteiger partial charge < -0.3 is 10.2 Å². The molecule has 104 valence electrons. The molecule has 3 nitrogen and oxygen atoms in total. The number of hydrogen-bond donors (Lipinski definition) is 1. The van der Waals surface area contributed by atoms with Gasteiger partial charge >= 0.3 is 0 Å². The summed E-state index contributed by atoms with van der Waals surface area (Å²) in [5, 5.41) is 2.66. The van der Waals surface area contributed by atoms with Gasteiger partial charge in [0.25, 0.3) is 5.91 Å². The fourth-order valence-corrected chi connectivity index (χ4v) is 1.88. The van der Waals surface area contributed by atoms with Crippen molar-refractivity contribution in [2.45, 2.75) is 0 Å². The molecule has 0 fully saturated rings. The van der Waals surface area contributed by atoms with Crippen LogP contribution in [0.1, 0.15) is 10.4 Å². The van der Waals surface area contributed by atoms with Crippen molar-refractivity contribution in [3.05, 3.63) is 58.9 Å². The van der Waals surface area contributed by atoms with Gasteiger partial charge in [-0.05, 0) is 36.4 Å². The lowest BCUT2D eigenvalue weighted by Gasteiger charge is -2.13. The fourth-order valence-electron chi connectivity index (χ4n) is 1.70. The second-order valence-electron chi connectivity index (χ2n) is 4.53. The molecule has 0 heterocycles. The highest BCUT2D eigenvalue weighted by Gasteiger charge is 2.09. The van der Waals surface area contributed by atoms with Crippen LogP contribution in [0, 0.1) is 5.82 Å². The molecule has 0 aliphatic rings. The molecule has 0 aliphatic heterocycles. The number of amides is 1. The van der Waals surface area contributed by atoms with E-state index in [1.165, 1.54) is 18.2 Å². The van der Waals surface area contributed by atoms with Crippen molar-refractivity contribution >= 4 is 28.9 Å². The average Bonchev–Trinajstić information content (AvgIpc) is 2.43. The second kappa shape index (κ2) is 5.92. The molecule has 0 spiro atoms. The third-order valence-corrected chi connectivity index (χ3v) is 3.09. The van der Waals surface area contributed by atoms with E-state index in [0.717, 1.165) is 5.69 Å². The van der Waals surface area contributed by atoms with Crippen LogP contribution in [0.25, 0.3) is 0 Å². The topological polar surface area (TPSA) is 32.3 Å². The van der Waals surface area contributed by atoms with E-state index in [-0.39, 0.29) is 10.9 Å². The Kier molecular flexibility index (Phi) is 4.25. The molecule has 1 N–H and O–H groups in total. The normalized spacial score (nSPS) is 10.2. The minimum Gasteiger partial charge on any atom is -0.378 e. The van der Waals surface area contributed by atoms with Gasteiger partial charge in [-0.25, -0.2) is 4.39 Å². The van der Waals surface area contributed by atoms with Gasteiger partial charge in [-0.1, -0.05) is 17.7 Å². The van der Waals surface area contributed by atoms with E-state index in [4.69, 9.17) is 11.6 Å². The predicted octanol–water partition coefficient (Wildman–Crippen LogP) is 3.80. The first kappa shape index (κ1) is 14.3. The molecule has 20 heavy (non-hydrogen) atoms. The molecule has 0 saturated carbocycles. The van der Waals surface area contributed by atoms with Crippen molar-refractivity contribution in [1.82, 2.24) is 0 Å². The van der Waals surface area contributed by atoms with Crippen LogP contribution in [0.15, 0.2) is 42.5 Å². The first-order valence-corrected chi connectivity index (χ1v) is 6.39. The van der Waals surface area contributed by atoms with Crippen LogP contribution in [-0.2, 0) is 0 Å². The SMILES string of the molecule is CN(C)c1cccc(C(=O)Nc2ccc(F)c(Cl)c2)c1. The zero-order valence-electron chi connectivity index (χ0n) is 11.2. The lowest BCUT2D eigenvalue weighted by atomic mass is 10.1. The van der Waals surface area contributed by atoms with Crippen LogP contribution in [0.4, 0.5) is 15.8 Å². The Hall–Kier alpha value is -2.07. The number of halogens is 2. The maximum absolute atomic E-state index is 13.1. The molecule has 0 bridgehead atoms. The van der Waals surface area contributed by atoms with Gasteiger partial charge in [-0.2, -0.15) is 0 Å². The van der Waals surface area contributed by atoms with Crippen molar-refractivity contribution in [3.8, 4) is 0 Å². The Morgan fingerprint density at radius 1 is 1.20 bits per heavy atom. The standard InChI is InChI=1S/C15H14ClFN2O/c1-19(2)12-5-3-4-10(8-12)15(20)18-11-6-7-14(17)13(16)9-11/h3-9H,1-2H3,(H,18,20). The summed E-state index contributed by atoms with van der Waals surface area (Å²) >= 11 is 5.68. The van der Waals surface area contributed by atoms with Crippen LogP contribution in [-0.4, -0.2) is 20.0 Å². The summed E-state index contributed by atoms with van der Waals surface area (Å²) in [4.78, 5) is 14.0. The first-order valence-electron chi connectivity index (χ1n) is 6.01. The van der Waals surface area contributed by atoms with Gasteiger partial charge in [0.2, 0.25) is 0 Å². The van der Waals surface area contributed by atoms with E-state index in [9.17, 15) is 9.18 Å². The molecule has 0 radical (unpaired) electrons. The van der Waals surface area contributed by atoms with Gasteiger partial charge in [-0.15, -0.1) is 0 Å². The summed E-state index contributed by atoms with van der Waals surface area (Å²) in [5.74, 6) is -0.782. The zero-order valence-corrected chi connectivity index (χ0v) is 11.9. The summed E-state index contributed by atoms with van der Waals surface area (Å²) in [7, 11) is 3.80. The first-order chi connectivity index (χ1) is 9.47. The van der Waals surface area contributed by atoms with Crippen molar-refractivity contribution in [1.29, 1.82) is 0 Å². The summed E-state index contributed by atoms with van der Waals surface area (Å²) in [6.45, 7) is 0. The van der Waals surface area contributed by atoms with E-state index >= 15 is 0 Å². The van der Waals surface area contributed by atoms with E-state index in [2.05, 4.69) is 5.32 Å². The summed E-state index contributed by atoms with van der Waals surface area (Å²) in [6, 6.07) is 11.3. The molecule has 2 aromatic carbocycles. The molecule has 0 unspecified atom stereocenters. The summed E-state index contributed by atoms with van der Waals surface area (Å²) in [5.41, 5.74) is 1.91. The minimum absolute atomic E-state index is 0.0233. The molecule has 0 atom stereocenters. The fraction of sp³-hybridized carbons (Fsp3) is 0.133. The molecule has 0 aromatic heterocycles. The van der Waals surface area contributed by atoms with Gasteiger partial charge in [-0.3, -0.25) is 4.79 Å². The number of hydrogen-bond acceptors (Lipinski definition) is 2. The zero-order chi connectivity index (χ0) is 14.7. The van der Waals surface area contributed by atoms with Crippen molar-refractivity contribution in [2.75, 3.05) is 24.3 Å². The highest BCUT2D eigenvalue weighted by Crippen LogP contribution is 2.20. The number of benzene rings is 2. The molecule has 0 aliphatic carbocycles. The quantitative estimate of drug-likeness (QED) is 0.933. The largest absolute Gasteiger partial charge is 0.378 e. The van der Waals surface area contributed by atoms with Crippen molar-refractivity contribution < 1.29 is 9.18 Å². The second-order valence-corrected chi connectivity index (χ2v) is 4.93. The molecule has 2 aromatic rings. The van der Waals surface area contributed by atoms with Gasteiger partial charge in [0.05, 0.1) is 5.02 Å². The summed E-state index contributed by atoms with van der Waals surface area (Å²) < 4.78 is 13.1. The van der Waals surface area contributed by atoms with Gasteiger partial charge in [0.1, 0.15) is 5.82 Å². The van der Waals surface area contributed by atoms with E-state index < -0.39 is 5.82 Å². The van der Waals surface area contributed by atoms with Gasteiger partial charge in [0, 0.05) is 31.0 Å². The highest BCUT2D eigenvalue weighted by atomic mass is 35.5. The number of nitrogens with zero attached hydrogens (tertiary/aromatic N) is 1. The van der Waals surface area contributed by atoms with E-state index in [1.807, 2.05) is 31.1 Å². The smallest absolute Gasteiger partial charge is 0.255 e. The van der Waals surface area contributed by atoms with Crippen LogP contribution < -0.4 is 10.2 Å². The highest BCUT2D eigenvalue weighted by molar-refractivity contribution is 6.31. The van der Waals surface area contributed by atoms with Crippen molar-refractivity contribution in [3.63, 3.8) is 0 Å². The third-order valence-electron chi connectivity index (χ3n) is 2.80. The lowest BCUT2D eigenvalue weighted by molar-refractivity contribution is 0.102. The summed E-state index contributed by atoms with van der Waals surface area (Å²) in [6.07, 6.45) is 0. The number of rotatable bonds is 3. The predicted molar refractivity (Wildman–Crippen MR) is 80.1 cm³/mol. The van der Waals surface area contributed by atoms with E-state index in [0.29, 0.717) is 11.3 Å². The maximum Gasteiger partial charge on any atom is 0.255 e. The van der Waals surface area contributed by atoms with Crippen LogP contribution in [0.2, 0.25) is 5.02 Å². The van der Waals surface area contributed by atoms with E-state index in [1.54, 1.807) is 12.1 Å². The van der Waals surface area contributed by atoms with Crippen LogP contribution >= 0.6 is 11.6 Å². The number of nitrogens with one attached hydrogen (secondary N) is 1. The van der Waals surface area contributed by atoms with Crippen LogP contribution in [0.5, 0.6) is 0 Å².